The van der Waals surface area contributed by atoms with Gasteiger partial charge in [-0.15, -0.1) is 0 Å². The first-order valence-corrected chi connectivity index (χ1v) is 9.36. The maximum atomic E-state index is 11.6. The SMILES string of the molecule is CC(CCC(C)(C)N1CCCN(C)CC1)C(NC(C)(C)C)C(=O)O. The zero-order valence-electron chi connectivity index (χ0n) is 16.9. The van der Waals surface area contributed by atoms with Crippen LogP contribution in [0.3, 0.4) is 0 Å². The lowest BCUT2D eigenvalue weighted by Gasteiger charge is -2.39. The van der Waals surface area contributed by atoms with Crippen molar-refractivity contribution in [3.63, 3.8) is 0 Å². The van der Waals surface area contributed by atoms with Crippen LogP contribution in [0.4, 0.5) is 0 Å². The summed E-state index contributed by atoms with van der Waals surface area (Å²) >= 11 is 0. The summed E-state index contributed by atoms with van der Waals surface area (Å²) < 4.78 is 0. The molecular weight excluding hydrogens is 302 g/mol. The Balaban J connectivity index is 2.62. The van der Waals surface area contributed by atoms with Crippen LogP contribution in [0, 0.1) is 5.92 Å². The fourth-order valence-corrected chi connectivity index (χ4v) is 3.47. The average Bonchev–Trinajstić information content (AvgIpc) is 2.66. The molecule has 2 unspecified atom stereocenters. The molecule has 0 aliphatic carbocycles. The van der Waals surface area contributed by atoms with Crippen LogP contribution in [-0.4, -0.2) is 71.2 Å². The predicted octanol–water partition coefficient (Wildman–Crippen LogP) is 2.66. The van der Waals surface area contributed by atoms with E-state index in [0.717, 1.165) is 32.5 Å². The topological polar surface area (TPSA) is 55.8 Å². The first kappa shape index (κ1) is 21.4. The van der Waals surface area contributed by atoms with E-state index in [1.165, 1.54) is 13.0 Å². The summed E-state index contributed by atoms with van der Waals surface area (Å²) in [4.78, 5) is 16.6. The minimum Gasteiger partial charge on any atom is -0.480 e. The lowest BCUT2D eigenvalue weighted by molar-refractivity contribution is -0.141. The summed E-state index contributed by atoms with van der Waals surface area (Å²) in [5.41, 5.74) is -0.0770. The van der Waals surface area contributed by atoms with E-state index in [0.29, 0.717) is 0 Å². The molecule has 2 atom stereocenters. The van der Waals surface area contributed by atoms with Gasteiger partial charge >= 0.3 is 5.97 Å². The van der Waals surface area contributed by atoms with Crippen molar-refractivity contribution in [1.29, 1.82) is 0 Å². The second-order valence-corrected chi connectivity index (χ2v) is 9.18. The van der Waals surface area contributed by atoms with Gasteiger partial charge in [-0.3, -0.25) is 15.0 Å². The first-order valence-electron chi connectivity index (χ1n) is 9.36. The molecule has 0 aromatic carbocycles. The summed E-state index contributed by atoms with van der Waals surface area (Å²) in [5.74, 6) is -0.637. The van der Waals surface area contributed by atoms with Gasteiger partial charge in [0.25, 0.3) is 0 Å². The van der Waals surface area contributed by atoms with E-state index in [9.17, 15) is 9.90 Å². The number of rotatable bonds is 7. The second-order valence-electron chi connectivity index (χ2n) is 9.18. The predicted molar refractivity (Wildman–Crippen MR) is 100 cm³/mol. The Labute approximate surface area is 148 Å². The van der Waals surface area contributed by atoms with Crippen LogP contribution in [0.25, 0.3) is 0 Å². The lowest BCUT2D eigenvalue weighted by atomic mass is 9.87. The fraction of sp³-hybridized carbons (Fsp3) is 0.947. The fourth-order valence-electron chi connectivity index (χ4n) is 3.47. The Bertz CT molecular complexity index is 404. The highest BCUT2D eigenvalue weighted by molar-refractivity contribution is 5.73. The quantitative estimate of drug-likeness (QED) is 0.745. The van der Waals surface area contributed by atoms with Gasteiger partial charge < -0.3 is 10.0 Å². The zero-order chi connectivity index (χ0) is 18.5. The Morgan fingerprint density at radius 1 is 1.12 bits per heavy atom. The Kier molecular flexibility index (Phi) is 7.70. The number of hydrogen-bond donors (Lipinski definition) is 2. The second kappa shape index (κ2) is 8.63. The molecule has 5 nitrogen and oxygen atoms in total. The molecule has 1 aliphatic rings. The van der Waals surface area contributed by atoms with Crippen LogP contribution >= 0.6 is 0 Å². The number of carboxylic acid groups (broad SMARTS) is 1. The summed E-state index contributed by atoms with van der Waals surface area (Å²) in [6, 6.07) is -0.490. The molecule has 24 heavy (non-hydrogen) atoms. The highest BCUT2D eigenvalue weighted by atomic mass is 16.4. The molecule has 1 heterocycles. The van der Waals surface area contributed by atoms with Crippen molar-refractivity contribution >= 4 is 5.97 Å². The molecule has 142 valence electrons. The third kappa shape index (κ3) is 7.08. The van der Waals surface area contributed by atoms with E-state index in [1.54, 1.807) is 0 Å². The van der Waals surface area contributed by atoms with E-state index < -0.39 is 12.0 Å². The molecule has 0 amide bonds. The Hall–Kier alpha value is -0.650. The van der Waals surface area contributed by atoms with Crippen molar-refractivity contribution in [1.82, 2.24) is 15.1 Å². The first-order chi connectivity index (χ1) is 10.9. The molecular formula is C19H39N3O2. The smallest absolute Gasteiger partial charge is 0.320 e. The van der Waals surface area contributed by atoms with Crippen molar-refractivity contribution in [2.75, 3.05) is 33.2 Å². The maximum Gasteiger partial charge on any atom is 0.320 e. The molecule has 1 aliphatic heterocycles. The summed E-state index contributed by atoms with van der Waals surface area (Å²) in [5, 5.41) is 12.8. The van der Waals surface area contributed by atoms with Crippen LogP contribution in [0.1, 0.15) is 60.8 Å². The summed E-state index contributed by atoms with van der Waals surface area (Å²) in [6.07, 6.45) is 3.14. The normalized spacial score (nSPS) is 21.3. The van der Waals surface area contributed by atoms with Crippen molar-refractivity contribution in [2.45, 2.75) is 77.9 Å². The lowest BCUT2D eigenvalue weighted by Crippen LogP contribution is -2.51. The van der Waals surface area contributed by atoms with E-state index in [-0.39, 0.29) is 17.0 Å². The van der Waals surface area contributed by atoms with Crippen LogP contribution in [-0.2, 0) is 4.79 Å². The largest absolute Gasteiger partial charge is 0.480 e. The van der Waals surface area contributed by atoms with Crippen molar-refractivity contribution in [2.24, 2.45) is 5.92 Å². The average molecular weight is 342 g/mol. The van der Waals surface area contributed by atoms with E-state index >= 15 is 0 Å². The number of hydrogen-bond acceptors (Lipinski definition) is 4. The van der Waals surface area contributed by atoms with Crippen LogP contribution in [0.2, 0.25) is 0 Å². The molecule has 0 spiro atoms. The highest BCUT2D eigenvalue weighted by Crippen LogP contribution is 2.26. The van der Waals surface area contributed by atoms with Crippen molar-refractivity contribution < 1.29 is 9.90 Å². The summed E-state index contributed by atoms with van der Waals surface area (Å²) in [7, 11) is 2.19. The molecule has 0 radical (unpaired) electrons. The molecule has 1 fully saturated rings. The number of nitrogens with one attached hydrogen (secondary N) is 1. The van der Waals surface area contributed by atoms with E-state index in [4.69, 9.17) is 0 Å². The minimum atomic E-state index is -0.744. The monoisotopic (exact) mass is 341 g/mol. The third-order valence-corrected chi connectivity index (χ3v) is 5.21. The number of carboxylic acids is 1. The molecule has 0 saturated carbocycles. The van der Waals surface area contributed by atoms with Gasteiger partial charge in [0.2, 0.25) is 0 Å². The molecule has 2 N–H and O–H groups in total. The van der Waals surface area contributed by atoms with Crippen LogP contribution in [0.5, 0.6) is 0 Å². The van der Waals surface area contributed by atoms with Gasteiger partial charge in [-0.1, -0.05) is 6.92 Å². The van der Waals surface area contributed by atoms with Gasteiger partial charge in [0.05, 0.1) is 0 Å². The minimum absolute atomic E-state index is 0.107. The standard InChI is InChI=1S/C19H39N3O2/c1-15(16(17(23)24)20-18(2,3)4)9-10-19(5,6)22-12-8-11-21(7)13-14-22/h15-16,20H,8-14H2,1-7H3,(H,23,24). The van der Waals surface area contributed by atoms with Gasteiger partial charge in [-0.25, -0.2) is 0 Å². The van der Waals surface area contributed by atoms with Gasteiger partial charge in [-0.05, 0) is 79.9 Å². The van der Waals surface area contributed by atoms with Gasteiger partial charge in [-0.2, -0.15) is 0 Å². The van der Waals surface area contributed by atoms with E-state index in [2.05, 4.69) is 42.9 Å². The molecule has 5 heteroatoms. The van der Waals surface area contributed by atoms with E-state index in [1.807, 2.05) is 20.8 Å². The Morgan fingerprint density at radius 2 is 1.75 bits per heavy atom. The highest BCUT2D eigenvalue weighted by Gasteiger charge is 2.32. The molecule has 0 aromatic heterocycles. The van der Waals surface area contributed by atoms with Gasteiger partial charge in [0, 0.05) is 24.2 Å². The molecule has 1 saturated heterocycles. The zero-order valence-corrected chi connectivity index (χ0v) is 16.9. The number of nitrogens with zero attached hydrogens (tertiary/aromatic N) is 2. The maximum absolute atomic E-state index is 11.6. The van der Waals surface area contributed by atoms with Crippen LogP contribution in [0.15, 0.2) is 0 Å². The summed E-state index contributed by atoms with van der Waals surface area (Å²) in [6.45, 7) is 17.2. The van der Waals surface area contributed by atoms with Crippen molar-refractivity contribution in [3.8, 4) is 0 Å². The number of carbonyl (C=O) groups is 1. The number of likely N-dealkylation sites (N-methyl/N-ethyl adjacent to an activating group) is 1. The molecule has 0 aromatic rings. The van der Waals surface area contributed by atoms with Crippen molar-refractivity contribution in [3.05, 3.63) is 0 Å². The van der Waals surface area contributed by atoms with Gasteiger partial charge in [0.15, 0.2) is 0 Å². The third-order valence-electron chi connectivity index (χ3n) is 5.21. The molecule has 0 bridgehead atoms. The number of aliphatic carboxylic acids is 1. The molecule has 1 rings (SSSR count). The van der Waals surface area contributed by atoms with Gasteiger partial charge in [0.1, 0.15) is 6.04 Å². The Morgan fingerprint density at radius 3 is 2.29 bits per heavy atom. The van der Waals surface area contributed by atoms with Crippen LogP contribution < -0.4 is 5.32 Å².